The molecule has 0 aliphatic heterocycles. The lowest BCUT2D eigenvalue weighted by Crippen LogP contribution is -2.31. The van der Waals surface area contributed by atoms with E-state index in [9.17, 15) is 18.0 Å². The van der Waals surface area contributed by atoms with Crippen molar-refractivity contribution >= 4 is 34.9 Å². The van der Waals surface area contributed by atoms with Crippen molar-refractivity contribution in [2.24, 2.45) is 11.8 Å². The average Bonchev–Trinajstić information content (AvgIpc) is 3.22. The number of methoxy groups -OCH3 is 1. The highest BCUT2D eigenvalue weighted by molar-refractivity contribution is 7.51. The summed E-state index contributed by atoms with van der Waals surface area (Å²) < 4.78 is 60.8. The minimum atomic E-state index is -4.19. The normalized spacial score (nSPS) is 17.2. The molecule has 0 aromatic carbocycles. The van der Waals surface area contributed by atoms with Crippen LogP contribution in [-0.2, 0) is 18.1 Å². The van der Waals surface area contributed by atoms with Gasteiger partial charge in [-0.1, -0.05) is 31.4 Å². The zero-order chi connectivity index (χ0) is 28.3. The lowest BCUT2D eigenvalue weighted by Gasteiger charge is -2.26. The molecule has 2 N–H and O–H groups in total. The molecule has 1 aliphatic rings. The lowest BCUT2D eigenvalue weighted by molar-refractivity contribution is -0.134. The molecule has 1 aliphatic carbocycles. The Bertz CT molecular complexity index is 1100. The number of carbonyl (C=O) groups excluding carboxylic acids is 1. The highest BCUT2D eigenvalue weighted by Crippen LogP contribution is 2.37. The van der Waals surface area contributed by atoms with Crippen molar-refractivity contribution in [2.75, 3.05) is 25.5 Å². The maximum atomic E-state index is 12.9. The molecule has 14 heteroatoms. The van der Waals surface area contributed by atoms with Gasteiger partial charge < -0.3 is 15.4 Å². The Kier molecular flexibility index (Phi) is 12.5. The molecule has 2 heterocycles. The first-order chi connectivity index (χ1) is 18.0. The fraction of sp³-hybridized carbons (Fsp3) is 0.625. The smallest absolute Gasteiger partial charge is 0.389 e. The summed E-state index contributed by atoms with van der Waals surface area (Å²) in [6.07, 6.45) is 0.946. The van der Waals surface area contributed by atoms with Crippen molar-refractivity contribution < 1.29 is 31.1 Å². The Labute approximate surface area is 228 Å². The zero-order valence-electron chi connectivity index (χ0n) is 21.6. The first-order valence-corrected chi connectivity index (χ1v) is 13.4. The predicted molar refractivity (Wildman–Crippen MR) is 139 cm³/mol. The number of carbonyl (C=O) groups is 1. The fourth-order valence-corrected chi connectivity index (χ4v) is 4.63. The highest BCUT2D eigenvalue weighted by Gasteiger charge is 2.27. The molecule has 1 fully saturated rings. The topological polar surface area (TPSA) is 115 Å². The summed E-state index contributed by atoms with van der Waals surface area (Å²) in [5.74, 6) is 1.67. The minimum Gasteiger partial charge on any atom is -0.496 e. The average molecular weight is 580 g/mol. The quantitative estimate of drug-likeness (QED) is 0.369. The number of pyridine rings is 1. The van der Waals surface area contributed by atoms with Crippen molar-refractivity contribution in [2.45, 2.75) is 65.1 Å². The summed E-state index contributed by atoms with van der Waals surface area (Å²) in [7, 11) is 1.48. The van der Waals surface area contributed by atoms with Gasteiger partial charge in [0.1, 0.15) is 11.6 Å². The number of hydrogen-bond acceptors (Lipinski definition) is 7. The summed E-state index contributed by atoms with van der Waals surface area (Å²) >= 11 is 5.89. The van der Waals surface area contributed by atoms with Crippen LogP contribution in [0.2, 0.25) is 5.02 Å². The van der Waals surface area contributed by atoms with Gasteiger partial charge in [-0.05, 0) is 38.0 Å². The number of aromatic nitrogens is 3. The van der Waals surface area contributed by atoms with Gasteiger partial charge in [0.15, 0.2) is 5.69 Å². The van der Waals surface area contributed by atoms with Gasteiger partial charge in [-0.15, -0.1) is 0 Å². The van der Waals surface area contributed by atoms with Crippen LogP contribution in [0.1, 0.15) is 62.9 Å². The Hall–Kier alpha value is -2.67. The third-order valence-electron chi connectivity index (χ3n) is 6.38. The fourth-order valence-electron chi connectivity index (χ4n) is 4.31. The number of anilines is 1. The number of alkyl halides is 3. The molecule has 212 valence electrons. The maximum Gasteiger partial charge on any atom is 0.389 e. The second kappa shape index (κ2) is 15.1. The minimum absolute atomic E-state index is 0.0674. The Morgan fingerprint density at radius 1 is 1.26 bits per heavy atom. The SMILES string of the molecule is CCn1nc(C(=O)NCC2CCC(C)CC2)c(Cl)c1-c1cnc(NCCCC(F)(F)F)cc1OC.O=S=O. The molecular formula is C24H33ClF3N5O4S. The van der Waals surface area contributed by atoms with E-state index in [2.05, 4.69) is 27.6 Å². The van der Waals surface area contributed by atoms with Gasteiger partial charge in [0, 0.05) is 38.3 Å². The maximum absolute atomic E-state index is 12.9. The van der Waals surface area contributed by atoms with Crippen molar-refractivity contribution in [3.8, 4) is 17.0 Å². The predicted octanol–water partition coefficient (Wildman–Crippen LogP) is 5.27. The first-order valence-electron chi connectivity index (χ1n) is 12.4. The molecule has 1 saturated carbocycles. The summed E-state index contributed by atoms with van der Waals surface area (Å²) in [5.41, 5.74) is 1.18. The van der Waals surface area contributed by atoms with E-state index in [0.717, 1.165) is 18.8 Å². The van der Waals surface area contributed by atoms with Crippen LogP contribution in [-0.4, -0.2) is 55.5 Å². The van der Waals surface area contributed by atoms with E-state index < -0.39 is 24.2 Å². The van der Waals surface area contributed by atoms with Gasteiger partial charge in [0.2, 0.25) is 0 Å². The van der Waals surface area contributed by atoms with Crippen LogP contribution in [0.25, 0.3) is 11.3 Å². The van der Waals surface area contributed by atoms with E-state index in [1.165, 1.54) is 26.1 Å². The number of rotatable bonds is 10. The third-order valence-corrected chi connectivity index (χ3v) is 6.74. The Balaban J connectivity index is 0.00000161. The molecule has 9 nitrogen and oxygen atoms in total. The van der Waals surface area contributed by atoms with E-state index in [0.29, 0.717) is 41.8 Å². The van der Waals surface area contributed by atoms with Crippen LogP contribution >= 0.6 is 11.6 Å². The summed E-state index contributed by atoms with van der Waals surface area (Å²) in [4.78, 5) is 17.2. The summed E-state index contributed by atoms with van der Waals surface area (Å²) in [5, 5.41) is 10.5. The van der Waals surface area contributed by atoms with Crippen LogP contribution in [0.5, 0.6) is 5.75 Å². The summed E-state index contributed by atoms with van der Waals surface area (Å²) in [6.45, 7) is 5.31. The molecule has 0 atom stereocenters. The number of aryl methyl sites for hydroxylation is 1. The van der Waals surface area contributed by atoms with Crippen LogP contribution < -0.4 is 15.4 Å². The highest BCUT2D eigenvalue weighted by atomic mass is 35.5. The molecule has 1 amide bonds. The van der Waals surface area contributed by atoms with Gasteiger partial charge in [-0.25, -0.2) is 4.98 Å². The Morgan fingerprint density at radius 3 is 2.50 bits per heavy atom. The van der Waals surface area contributed by atoms with Gasteiger partial charge >= 0.3 is 17.7 Å². The van der Waals surface area contributed by atoms with E-state index >= 15 is 0 Å². The molecule has 0 radical (unpaired) electrons. The van der Waals surface area contributed by atoms with Gasteiger partial charge in [0.25, 0.3) is 5.91 Å². The van der Waals surface area contributed by atoms with Crippen molar-refractivity contribution in [3.05, 3.63) is 23.0 Å². The molecule has 38 heavy (non-hydrogen) atoms. The third kappa shape index (κ3) is 9.26. The van der Waals surface area contributed by atoms with E-state index in [-0.39, 0.29) is 29.6 Å². The number of halogens is 4. The van der Waals surface area contributed by atoms with E-state index in [1.54, 1.807) is 10.7 Å². The van der Waals surface area contributed by atoms with Crippen molar-refractivity contribution in [1.82, 2.24) is 20.1 Å². The molecule has 0 bridgehead atoms. The monoisotopic (exact) mass is 579 g/mol. The number of nitrogens with zero attached hydrogens (tertiary/aromatic N) is 3. The van der Waals surface area contributed by atoms with E-state index in [4.69, 9.17) is 24.8 Å². The van der Waals surface area contributed by atoms with Crippen LogP contribution in [0, 0.1) is 11.8 Å². The number of nitrogens with one attached hydrogen (secondary N) is 2. The Morgan fingerprint density at radius 2 is 1.92 bits per heavy atom. The van der Waals surface area contributed by atoms with E-state index in [1.807, 2.05) is 6.92 Å². The lowest BCUT2D eigenvalue weighted by atomic mass is 9.83. The molecule has 3 rings (SSSR count). The largest absolute Gasteiger partial charge is 0.496 e. The number of amides is 1. The van der Waals surface area contributed by atoms with Gasteiger partial charge in [-0.2, -0.15) is 26.7 Å². The number of ether oxygens (including phenoxy) is 1. The zero-order valence-corrected chi connectivity index (χ0v) is 23.1. The second-order valence-corrected chi connectivity index (χ2v) is 9.66. The van der Waals surface area contributed by atoms with Crippen LogP contribution in [0.4, 0.5) is 19.0 Å². The number of hydrogen-bond donors (Lipinski definition) is 2. The molecule has 0 spiro atoms. The first kappa shape index (κ1) is 31.5. The molecule has 0 saturated heterocycles. The molecule has 0 unspecified atom stereocenters. The second-order valence-electron chi connectivity index (χ2n) is 9.15. The van der Waals surface area contributed by atoms with Crippen molar-refractivity contribution in [1.29, 1.82) is 0 Å². The van der Waals surface area contributed by atoms with Crippen LogP contribution in [0.15, 0.2) is 12.3 Å². The van der Waals surface area contributed by atoms with Gasteiger partial charge in [-0.3, -0.25) is 9.48 Å². The standard InChI is InChI=1S/C24H33ClF3N5O2.O2S/c1-4-33-22(17-14-30-19(12-18(17)35-3)29-11-5-10-24(26,27)28)20(25)21(32-33)23(34)31-13-16-8-6-15(2)7-9-16;1-3-2/h12,14-16H,4-11,13H2,1-3H3,(H,29,30)(H,31,34);. The molecule has 2 aromatic heterocycles. The van der Waals surface area contributed by atoms with Crippen molar-refractivity contribution in [3.63, 3.8) is 0 Å². The molecular weight excluding hydrogens is 547 g/mol. The van der Waals surface area contributed by atoms with Gasteiger partial charge in [0.05, 0.1) is 23.4 Å². The van der Waals surface area contributed by atoms with Crippen LogP contribution in [0.3, 0.4) is 0 Å². The molecule has 2 aromatic rings. The summed E-state index contributed by atoms with van der Waals surface area (Å²) in [6, 6.07) is 1.59.